The van der Waals surface area contributed by atoms with Gasteiger partial charge >= 0.3 is 0 Å². The fraction of sp³-hybridized carbons (Fsp3) is 0.736. The van der Waals surface area contributed by atoms with Crippen molar-refractivity contribution in [3.63, 3.8) is 0 Å². The molecule has 15 atom stereocenters. The topological polar surface area (TPSA) is 468 Å². The van der Waals surface area contributed by atoms with Crippen molar-refractivity contribution in [1.82, 2.24) is 58.5 Å². The Labute approximate surface area is 489 Å². The molecule has 0 aromatic rings. The van der Waals surface area contributed by atoms with Crippen LogP contribution in [0.3, 0.4) is 0 Å². The summed E-state index contributed by atoms with van der Waals surface area (Å²) in [5.74, 6) is -16.3. The van der Waals surface area contributed by atoms with Crippen molar-refractivity contribution in [3.8, 4) is 0 Å². The molecule has 30 heteroatoms. The van der Waals surface area contributed by atoms with Crippen LogP contribution in [0.2, 0.25) is 0 Å². The van der Waals surface area contributed by atoms with Gasteiger partial charge < -0.3 is 93.9 Å². The molecule has 0 spiro atoms. The largest absolute Gasteiger partial charge is 0.550 e. The molecule has 0 heterocycles. The number of aliphatic carboxylic acids is 3. The molecule has 0 radical (unpaired) electrons. The molecule has 0 aliphatic carbocycles. The Kier molecular flexibility index (Phi) is 34.6. The van der Waals surface area contributed by atoms with E-state index < -0.39 is 186 Å². The summed E-state index contributed by atoms with van der Waals surface area (Å²) in [4.78, 5) is 183. The summed E-state index contributed by atoms with van der Waals surface area (Å²) in [6.45, 7) is 20.3. The van der Waals surface area contributed by atoms with Crippen LogP contribution in [-0.2, 0) is 67.1 Å². The summed E-state index contributed by atoms with van der Waals surface area (Å²) in [5, 5.41) is 61.7. The molecule has 0 rings (SSSR count). The van der Waals surface area contributed by atoms with Crippen LogP contribution in [-0.4, -0.2) is 167 Å². The summed E-state index contributed by atoms with van der Waals surface area (Å²) in [6.07, 6.45) is 0.179. The third-order valence-corrected chi connectivity index (χ3v) is 14.3. The molecule has 83 heavy (non-hydrogen) atoms. The Hall–Kier alpha value is -7.11. The first-order valence-corrected chi connectivity index (χ1v) is 29.2. The average molecular weight is 1200 g/mol. The van der Waals surface area contributed by atoms with Crippen molar-refractivity contribution in [3.05, 3.63) is 0 Å². The van der Waals surface area contributed by atoms with Crippen LogP contribution < -0.4 is 79.5 Å². The third kappa shape index (κ3) is 27.7. The molecule has 0 aromatic carbocycles. The highest BCUT2D eigenvalue weighted by Crippen LogP contribution is 2.14. The van der Waals surface area contributed by atoms with Gasteiger partial charge in [0, 0.05) is 18.4 Å². The van der Waals surface area contributed by atoms with Gasteiger partial charge in [-0.3, -0.25) is 52.7 Å². The Morgan fingerprint density at radius 2 is 0.711 bits per heavy atom. The number of carbonyl (C=O) groups excluding carboxylic acids is 14. The first-order chi connectivity index (χ1) is 38.6. The molecule has 0 aliphatic heterocycles. The lowest BCUT2D eigenvalue weighted by Crippen LogP contribution is -2.68. The van der Waals surface area contributed by atoms with E-state index >= 15 is 0 Å². The lowest BCUT2D eigenvalue weighted by molar-refractivity contribution is -0.398. The summed E-state index contributed by atoms with van der Waals surface area (Å²) in [5.41, 5.74) is 3.67. The second-order valence-electron chi connectivity index (χ2n) is 21.4. The lowest BCUT2D eigenvalue weighted by Gasteiger charge is -2.29. The van der Waals surface area contributed by atoms with Gasteiger partial charge in [0.15, 0.2) is 6.04 Å². The highest BCUT2D eigenvalue weighted by Gasteiger charge is 2.37. The highest BCUT2D eigenvalue weighted by atomic mass is 32.2. The number of hydrogen-bond acceptors (Lipinski definition) is 18. The van der Waals surface area contributed by atoms with Crippen molar-refractivity contribution in [2.75, 3.05) is 12.0 Å². The molecule has 0 saturated heterocycles. The summed E-state index contributed by atoms with van der Waals surface area (Å²) >= 11 is 1.22. The molecular weight excluding hydrogens is 1110 g/mol. The molecular formula is C53H90N12O17S-2. The number of carboxylic acids is 3. The van der Waals surface area contributed by atoms with Gasteiger partial charge in [-0.05, 0) is 96.0 Å². The van der Waals surface area contributed by atoms with E-state index in [1.54, 1.807) is 61.6 Å². The maximum absolute atomic E-state index is 14.0. The zero-order valence-electron chi connectivity index (χ0n) is 50.2. The van der Waals surface area contributed by atoms with E-state index in [9.17, 15) is 82.4 Å². The van der Waals surface area contributed by atoms with Crippen molar-refractivity contribution in [1.29, 1.82) is 0 Å². The monoisotopic (exact) mass is 1200 g/mol. The van der Waals surface area contributed by atoms with Gasteiger partial charge in [-0.25, -0.2) is 0 Å². The normalized spacial score (nSPS) is 16.6. The van der Waals surface area contributed by atoms with Gasteiger partial charge in [0.1, 0.15) is 60.4 Å². The fourth-order valence-corrected chi connectivity index (χ4v) is 8.14. The summed E-state index contributed by atoms with van der Waals surface area (Å²) < 4.78 is 0. The third-order valence-electron chi connectivity index (χ3n) is 13.7. The minimum Gasteiger partial charge on any atom is -0.550 e. The van der Waals surface area contributed by atoms with E-state index in [0.717, 1.165) is 6.92 Å². The van der Waals surface area contributed by atoms with Crippen molar-refractivity contribution < 1.29 is 88.2 Å². The Bertz CT molecular complexity index is 2270. The fourth-order valence-electron chi connectivity index (χ4n) is 7.66. The van der Waals surface area contributed by atoms with E-state index in [1.807, 2.05) is 6.92 Å². The van der Waals surface area contributed by atoms with Crippen LogP contribution in [0.1, 0.15) is 141 Å². The van der Waals surface area contributed by atoms with Crippen LogP contribution in [0, 0.1) is 23.7 Å². The zero-order valence-corrected chi connectivity index (χ0v) is 51.0. The number of thioether (sulfide) groups is 1. The van der Waals surface area contributed by atoms with Gasteiger partial charge in [-0.2, -0.15) is 11.8 Å². The summed E-state index contributed by atoms with van der Waals surface area (Å²) in [6, 6.07) is -16.2. The molecule has 0 saturated carbocycles. The van der Waals surface area contributed by atoms with Crippen LogP contribution in [0.15, 0.2) is 0 Å². The lowest BCUT2D eigenvalue weighted by atomic mass is 9.96. The zero-order chi connectivity index (χ0) is 64.2. The van der Waals surface area contributed by atoms with Crippen LogP contribution in [0.25, 0.3) is 0 Å². The minimum absolute atomic E-state index is 0.0569. The van der Waals surface area contributed by atoms with E-state index in [4.69, 9.17) is 0 Å². The average Bonchev–Trinajstić information content (AvgIpc) is 3.43. The Morgan fingerprint density at radius 1 is 0.386 bits per heavy atom. The maximum Gasteiger partial charge on any atom is 0.278 e. The highest BCUT2D eigenvalue weighted by molar-refractivity contribution is 7.98. The van der Waals surface area contributed by atoms with E-state index in [2.05, 4.69) is 64.2 Å². The van der Waals surface area contributed by atoms with Crippen molar-refractivity contribution in [2.24, 2.45) is 23.7 Å². The second-order valence-corrected chi connectivity index (χ2v) is 22.4. The van der Waals surface area contributed by atoms with E-state index in [0.29, 0.717) is 19.3 Å². The molecule has 0 aromatic heterocycles. The molecule has 29 nitrogen and oxygen atoms in total. The number of amides is 11. The second kappa shape index (κ2) is 37.9. The Balaban J connectivity index is 6.40. The number of quaternary nitrogens is 1. The first-order valence-electron chi connectivity index (χ1n) is 27.8. The molecule has 0 bridgehead atoms. The molecule has 14 N–H and O–H groups in total. The number of carboxylic acid groups (broad SMARTS) is 3. The molecule has 0 aliphatic rings. The quantitative estimate of drug-likeness (QED) is 0.0272. The van der Waals surface area contributed by atoms with Crippen molar-refractivity contribution >= 4 is 94.6 Å². The van der Waals surface area contributed by atoms with Crippen LogP contribution in [0.5, 0.6) is 0 Å². The summed E-state index contributed by atoms with van der Waals surface area (Å²) in [7, 11) is 0. The first kappa shape index (κ1) is 75.9. The van der Waals surface area contributed by atoms with Gasteiger partial charge in [-0.15, -0.1) is 0 Å². The standard InChI is InChI=1S/C53H92N12O17S/c1-15-25(6)39(63-42(70)28(9)54)50(78)56-29(10)43(71)55-30(11)44(72)61-35(22-24(4)5)49(77)65-40(26(7)16-2)51(79)57-31(12)45(73)62-36(23-38(68)69)48(76)60-34(20-21-83-14)46(74)59-33(18-19-37(66)67)47(75)64-41(27(8)17-3)52(80)58-32(13)53(81)82/h24-36,39-41H,15-23,54H2,1-14H3,(H,55,71)(H,56,78)(H,57,79)(H,58,80)(H,59,74)(H,60,76)(H,61,72)(H,62,73)(H,63,70)(H,64,75)(H,65,77)(H,66,67)(H,68,69)(H,81,82)/p-2/t25-,26-,27-,28-,29-,30-,31-,32-,33-,34-,35-,36-,39-,40-,41-/m0/s1. The van der Waals surface area contributed by atoms with Gasteiger partial charge in [-0.1, -0.05) is 74.7 Å². The van der Waals surface area contributed by atoms with E-state index in [1.165, 1.54) is 32.5 Å². The van der Waals surface area contributed by atoms with Crippen molar-refractivity contribution in [2.45, 2.75) is 214 Å². The SMILES string of the molecule is CC[C@H](C)[C@H](NC(=O)[C@H](C)[NH3+])C(=O)N[C@@H](C)C(=O)N[C@@H](C)C(=O)N[C@@H](CC(C)C)C(=O)N[C@H](C(=O)N[C@@H](C)C(=O)N[C@@H](CC(=O)[O-])C(=O)N[C@@H](CCSC)C(=O)N[C@@H](CCC(=O)[O-])C(=O)N[C@H](C(=O)N[C@@H](C)C(=O)[O-])[C@@H](C)CC)[C@@H](C)CC. The predicted octanol–water partition coefficient (Wildman–Crippen LogP) is -6.61. The maximum atomic E-state index is 14.0. The smallest absolute Gasteiger partial charge is 0.278 e. The molecule has 0 unspecified atom stereocenters. The van der Waals surface area contributed by atoms with Crippen LogP contribution >= 0.6 is 11.8 Å². The number of carbonyl (C=O) groups is 14. The number of rotatable bonds is 39. The van der Waals surface area contributed by atoms with Crippen LogP contribution in [0.4, 0.5) is 0 Å². The van der Waals surface area contributed by atoms with E-state index in [-0.39, 0.29) is 30.4 Å². The molecule has 0 fully saturated rings. The van der Waals surface area contributed by atoms with Gasteiger partial charge in [0.2, 0.25) is 59.1 Å². The number of hydrogen-bond donors (Lipinski definition) is 12. The molecule has 472 valence electrons. The predicted molar refractivity (Wildman–Crippen MR) is 296 cm³/mol. The van der Waals surface area contributed by atoms with Gasteiger partial charge in [0.05, 0.1) is 12.0 Å². The van der Waals surface area contributed by atoms with Gasteiger partial charge in [0.25, 0.3) is 5.91 Å². The number of nitrogens with one attached hydrogen (secondary N) is 11. The Morgan fingerprint density at radius 3 is 1.07 bits per heavy atom. The molecule has 11 amide bonds. The minimum atomic E-state index is -1.95.